The van der Waals surface area contributed by atoms with Gasteiger partial charge in [0.05, 0.1) is 6.10 Å². The van der Waals surface area contributed by atoms with Gasteiger partial charge in [0.2, 0.25) is 5.94 Å². The van der Waals surface area contributed by atoms with Crippen LogP contribution >= 0.6 is 0 Å². The zero-order chi connectivity index (χ0) is 9.90. The third kappa shape index (κ3) is 4.23. The Morgan fingerprint density at radius 2 is 2.08 bits per heavy atom. The fourth-order valence-electron chi connectivity index (χ4n) is 0.639. The Bertz CT molecular complexity index is 277. The minimum absolute atomic E-state index is 0.166. The number of hydrogen-bond donors (Lipinski definition) is 0. The fraction of sp³-hybridized carbons (Fsp3) is 0.857. The van der Waals surface area contributed by atoms with E-state index in [1.807, 2.05) is 0 Å². The average molecular weight is 208 g/mol. The summed E-state index contributed by atoms with van der Waals surface area (Å²) in [6.07, 6.45) is 1.51. The predicted octanol–water partition coefficient (Wildman–Crippen LogP) is 0.406. The number of carbonyl (C=O) groups is 1. The predicted molar refractivity (Wildman–Crippen MR) is 44.3 cm³/mol. The lowest BCUT2D eigenvalue weighted by Gasteiger charge is -2.04. The molecule has 76 valence electrons. The molecule has 0 radical (unpaired) electrons. The third-order valence-corrected chi connectivity index (χ3v) is 2.43. The van der Waals surface area contributed by atoms with Gasteiger partial charge < -0.3 is 4.74 Å². The van der Waals surface area contributed by atoms with Crippen LogP contribution in [0.3, 0.4) is 0 Å². The maximum Gasteiger partial charge on any atom is 0.306 e. The van der Waals surface area contributed by atoms with Gasteiger partial charge in [0.1, 0.15) is 0 Å². The summed E-state index contributed by atoms with van der Waals surface area (Å²) in [5, 5.41) is 0. The fourth-order valence-corrected chi connectivity index (χ4v) is 1.58. The van der Waals surface area contributed by atoms with Gasteiger partial charge in [-0.15, -0.1) is 0 Å². The Hall–Kier alpha value is -0.620. The summed E-state index contributed by atoms with van der Waals surface area (Å²) in [6.45, 7) is 1.59. The Morgan fingerprint density at radius 3 is 2.54 bits per heavy atom. The van der Waals surface area contributed by atoms with Crippen LogP contribution in [0.4, 0.5) is 0 Å². The van der Waals surface area contributed by atoms with Crippen LogP contribution in [0.25, 0.3) is 0 Å². The van der Waals surface area contributed by atoms with E-state index in [0.29, 0.717) is 0 Å². The normalized spacial score (nSPS) is 17.0. The largest absolute Gasteiger partial charge is 0.447 e. The van der Waals surface area contributed by atoms with Crippen LogP contribution in [0, 0.1) is 0 Å². The van der Waals surface area contributed by atoms with Crippen molar-refractivity contribution >= 4 is 16.1 Å². The quantitative estimate of drug-likeness (QED) is 0.483. The van der Waals surface area contributed by atoms with Crippen molar-refractivity contribution in [2.24, 2.45) is 0 Å². The van der Waals surface area contributed by atoms with Crippen LogP contribution in [-0.2, 0) is 23.8 Å². The lowest BCUT2D eigenvalue weighted by molar-refractivity contribution is -0.141. The van der Waals surface area contributed by atoms with Crippen LogP contribution in [-0.4, -0.2) is 26.4 Å². The number of esters is 1. The SMILES string of the molecule is CCC(=O)OCS(=O)(=O)OC1CC1. The van der Waals surface area contributed by atoms with Crippen molar-refractivity contribution in [3.8, 4) is 0 Å². The summed E-state index contributed by atoms with van der Waals surface area (Å²) in [4.78, 5) is 10.6. The summed E-state index contributed by atoms with van der Waals surface area (Å²) >= 11 is 0. The van der Waals surface area contributed by atoms with Crippen molar-refractivity contribution in [1.82, 2.24) is 0 Å². The summed E-state index contributed by atoms with van der Waals surface area (Å²) in [6, 6.07) is 0. The van der Waals surface area contributed by atoms with E-state index in [2.05, 4.69) is 8.92 Å². The van der Waals surface area contributed by atoms with E-state index < -0.39 is 22.0 Å². The number of ether oxygens (including phenoxy) is 1. The van der Waals surface area contributed by atoms with E-state index in [1.54, 1.807) is 6.92 Å². The maximum absolute atomic E-state index is 11.0. The monoisotopic (exact) mass is 208 g/mol. The molecule has 0 heterocycles. The molecule has 6 heteroatoms. The summed E-state index contributed by atoms with van der Waals surface area (Å²) in [5.41, 5.74) is 0. The molecule has 0 saturated heterocycles. The highest BCUT2D eigenvalue weighted by molar-refractivity contribution is 7.86. The molecule has 0 amide bonds. The van der Waals surface area contributed by atoms with Gasteiger partial charge in [0.15, 0.2) is 0 Å². The lowest BCUT2D eigenvalue weighted by Crippen LogP contribution is -2.17. The highest BCUT2D eigenvalue weighted by Crippen LogP contribution is 2.25. The highest BCUT2D eigenvalue weighted by atomic mass is 32.2. The molecule has 0 atom stereocenters. The summed E-state index contributed by atoms with van der Waals surface area (Å²) < 4.78 is 31.1. The van der Waals surface area contributed by atoms with Crippen molar-refractivity contribution in [2.75, 3.05) is 5.94 Å². The zero-order valence-corrected chi connectivity index (χ0v) is 8.17. The molecule has 5 nitrogen and oxygen atoms in total. The van der Waals surface area contributed by atoms with Gasteiger partial charge in [-0.05, 0) is 12.8 Å². The van der Waals surface area contributed by atoms with E-state index >= 15 is 0 Å². The molecule has 0 aromatic heterocycles. The van der Waals surface area contributed by atoms with Gasteiger partial charge in [-0.25, -0.2) is 0 Å². The smallest absolute Gasteiger partial charge is 0.306 e. The van der Waals surface area contributed by atoms with Crippen molar-refractivity contribution in [1.29, 1.82) is 0 Å². The van der Waals surface area contributed by atoms with Gasteiger partial charge >= 0.3 is 16.1 Å². The molecule has 1 aliphatic carbocycles. The van der Waals surface area contributed by atoms with Crippen LogP contribution in [0.1, 0.15) is 26.2 Å². The molecule has 0 aromatic carbocycles. The Labute approximate surface area is 77.1 Å². The maximum atomic E-state index is 11.0. The molecule has 1 fully saturated rings. The second kappa shape index (κ2) is 4.06. The van der Waals surface area contributed by atoms with E-state index in [9.17, 15) is 13.2 Å². The summed E-state index contributed by atoms with van der Waals surface area (Å²) in [5.74, 6) is -1.21. The molecule has 0 aromatic rings. The van der Waals surface area contributed by atoms with Gasteiger partial charge in [-0.3, -0.25) is 8.98 Å². The molecule has 0 aliphatic heterocycles. The van der Waals surface area contributed by atoms with E-state index in [1.165, 1.54) is 0 Å². The van der Waals surface area contributed by atoms with Crippen molar-refractivity contribution < 1.29 is 22.1 Å². The first-order chi connectivity index (χ1) is 6.03. The average Bonchev–Trinajstić information content (AvgIpc) is 2.83. The van der Waals surface area contributed by atoms with Crippen molar-refractivity contribution in [3.05, 3.63) is 0 Å². The first kappa shape index (κ1) is 10.5. The van der Waals surface area contributed by atoms with E-state index in [0.717, 1.165) is 12.8 Å². The number of rotatable bonds is 5. The Kier molecular flexibility index (Phi) is 3.27. The van der Waals surface area contributed by atoms with Crippen LogP contribution in [0.5, 0.6) is 0 Å². The molecule has 0 unspecified atom stereocenters. The van der Waals surface area contributed by atoms with Gasteiger partial charge in [-0.2, -0.15) is 8.42 Å². The van der Waals surface area contributed by atoms with Crippen molar-refractivity contribution in [3.63, 3.8) is 0 Å². The van der Waals surface area contributed by atoms with Crippen LogP contribution in [0.15, 0.2) is 0 Å². The molecule has 0 N–H and O–H groups in total. The highest BCUT2D eigenvalue weighted by Gasteiger charge is 2.29. The van der Waals surface area contributed by atoms with E-state index in [4.69, 9.17) is 0 Å². The standard InChI is InChI=1S/C7H12O5S/c1-2-7(8)11-5-13(9,10)12-6-3-4-6/h6H,2-5H2,1H3. The molecule has 0 bridgehead atoms. The molecule has 13 heavy (non-hydrogen) atoms. The molecule has 1 saturated carbocycles. The lowest BCUT2D eigenvalue weighted by atomic mass is 10.5. The molecular weight excluding hydrogens is 196 g/mol. The van der Waals surface area contributed by atoms with Crippen LogP contribution in [0.2, 0.25) is 0 Å². The number of carbonyl (C=O) groups excluding carboxylic acids is 1. The topological polar surface area (TPSA) is 69.7 Å². The summed E-state index contributed by atoms with van der Waals surface area (Å²) in [7, 11) is -3.67. The molecule has 1 rings (SSSR count). The van der Waals surface area contributed by atoms with Gasteiger partial charge in [0.25, 0.3) is 0 Å². The Balaban J connectivity index is 2.28. The Morgan fingerprint density at radius 1 is 1.46 bits per heavy atom. The van der Waals surface area contributed by atoms with Crippen molar-refractivity contribution in [2.45, 2.75) is 32.3 Å². The van der Waals surface area contributed by atoms with Gasteiger partial charge in [-0.1, -0.05) is 6.92 Å². The molecular formula is C7H12O5S. The first-order valence-electron chi connectivity index (χ1n) is 4.10. The minimum Gasteiger partial charge on any atom is -0.447 e. The first-order valence-corrected chi connectivity index (χ1v) is 5.68. The second-order valence-corrected chi connectivity index (χ2v) is 4.38. The molecule has 0 spiro atoms. The van der Waals surface area contributed by atoms with Gasteiger partial charge in [0, 0.05) is 6.42 Å². The third-order valence-electron chi connectivity index (χ3n) is 1.46. The van der Waals surface area contributed by atoms with E-state index in [-0.39, 0.29) is 12.5 Å². The van der Waals surface area contributed by atoms with Crippen LogP contribution < -0.4 is 0 Å². The minimum atomic E-state index is -3.67. The zero-order valence-electron chi connectivity index (χ0n) is 7.36. The second-order valence-electron chi connectivity index (χ2n) is 2.84. The molecule has 1 aliphatic rings. The number of hydrogen-bond acceptors (Lipinski definition) is 5.